The van der Waals surface area contributed by atoms with E-state index in [1.807, 2.05) is 0 Å². The fraction of sp³-hybridized carbons (Fsp3) is 0.500. The summed E-state index contributed by atoms with van der Waals surface area (Å²) in [4.78, 5) is 26.4. The van der Waals surface area contributed by atoms with Crippen LogP contribution in [0, 0.1) is 0 Å². The molecule has 0 aliphatic carbocycles. The van der Waals surface area contributed by atoms with E-state index in [0.717, 1.165) is 0 Å². The molecule has 0 aliphatic rings. The molecule has 0 N–H and O–H groups in total. The number of aryl methyl sites for hydroxylation is 1. The minimum atomic E-state index is -0.340. The number of imidazole rings is 1. The van der Waals surface area contributed by atoms with Gasteiger partial charge in [-0.3, -0.25) is 9.59 Å². The number of ketones is 1. The molecular formula is C10H14N2O3. The van der Waals surface area contributed by atoms with Gasteiger partial charge in [0, 0.05) is 13.5 Å². The van der Waals surface area contributed by atoms with Crippen molar-refractivity contribution in [1.82, 2.24) is 9.55 Å². The Labute approximate surface area is 88.1 Å². The number of hydrogen-bond acceptors (Lipinski definition) is 4. The number of aromatic nitrogens is 2. The van der Waals surface area contributed by atoms with Gasteiger partial charge in [-0.25, -0.2) is 4.98 Å². The van der Waals surface area contributed by atoms with Crippen molar-refractivity contribution in [3.63, 3.8) is 0 Å². The largest absolute Gasteiger partial charge is 0.466 e. The van der Waals surface area contributed by atoms with Crippen molar-refractivity contribution in [2.45, 2.75) is 19.8 Å². The number of carbonyl (C=O) groups excluding carboxylic acids is 2. The van der Waals surface area contributed by atoms with Crippen LogP contribution in [-0.4, -0.2) is 27.9 Å². The van der Waals surface area contributed by atoms with E-state index in [-0.39, 0.29) is 24.6 Å². The Kier molecular flexibility index (Phi) is 4.03. The number of rotatable bonds is 5. The molecule has 1 rings (SSSR count). The van der Waals surface area contributed by atoms with Crippen molar-refractivity contribution < 1.29 is 14.3 Å². The zero-order valence-corrected chi connectivity index (χ0v) is 8.90. The molecule has 15 heavy (non-hydrogen) atoms. The lowest BCUT2D eigenvalue weighted by atomic mass is 10.2. The Hall–Kier alpha value is -1.65. The Morgan fingerprint density at radius 2 is 2.20 bits per heavy atom. The predicted octanol–water partition coefficient (Wildman–Crippen LogP) is 0.946. The van der Waals surface area contributed by atoms with Crippen molar-refractivity contribution >= 4 is 11.8 Å². The molecule has 0 atom stereocenters. The first-order valence-corrected chi connectivity index (χ1v) is 4.80. The minimum absolute atomic E-state index is 0.0944. The van der Waals surface area contributed by atoms with Crippen LogP contribution < -0.4 is 0 Å². The number of esters is 1. The highest BCUT2D eigenvalue weighted by Gasteiger charge is 2.12. The zero-order chi connectivity index (χ0) is 11.3. The molecule has 0 aromatic carbocycles. The summed E-state index contributed by atoms with van der Waals surface area (Å²) in [6, 6.07) is 0. The van der Waals surface area contributed by atoms with Gasteiger partial charge in [0.25, 0.3) is 0 Å². The predicted molar refractivity (Wildman–Crippen MR) is 53.4 cm³/mol. The maximum atomic E-state index is 11.6. The first-order valence-electron chi connectivity index (χ1n) is 4.80. The summed E-state index contributed by atoms with van der Waals surface area (Å²) < 4.78 is 6.36. The van der Waals surface area contributed by atoms with Gasteiger partial charge in [-0.1, -0.05) is 0 Å². The monoisotopic (exact) mass is 210 g/mol. The summed E-state index contributed by atoms with van der Waals surface area (Å²) in [5.74, 6) is -0.434. The molecule has 0 saturated heterocycles. The Bertz CT molecular complexity index is 357. The third kappa shape index (κ3) is 3.19. The molecular weight excluding hydrogens is 196 g/mol. The van der Waals surface area contributed by atoms with Crippen molar-refractivity contribution in [1.29, 1.82) is 0 Å². The van der Waals surface area contributed by atoms with E-state index in [1.54, 1.807) is 24.9 Å². The van der Waals surface area contributed by atoms with Crippen molar-refractivity contribution in [3.8, 4) is 0 Å². The van der Waals surface area contributed by atoms with Crippen LogP contribution in [-0.2, 0) is 16.6 Å². The second kappa shape index (κ2) is 5.29. The first-order chi connectivity index (χ1) is 7.15. The van der Waals surface area contributed by atoms with E-state index in [4.69, 9.17) is 4.74 Å². The molecule has 0 spiro atoms. The lowest BCUT2D eigenvalue weighted by Gasteiger charge is -2.01. The van der Waals surface area contributed by atoms with E-state index >= 15 is 0 Å². The van der Waals surface area contributed by atoms with Gasteiger partial charge in [0.2, 0.25) is 0 Å². The average Bonchev–Trinajstić information content (AvgIpc) is 2.61. The Morgan fingerprint density at radius 1 is 1.47 bits per heavy atom. The molecule has 0 bridgehead atoms. The molecule has 0 aliphatic heterocycles. The van der Waals surface area contributed by atoms with Gasteiger partial charge in [0.1, 0.15) is 5.69 Å². The van der Waals surface area contributed by atoms with Gasteiger partial charge in [-0.15, -0.1) is 0 Å². The fourth-order valence-electron chi connectivity index (χ4n) is 1.20. The normalized spacial score (nSPS) is 10.0. The summed E-state index contributed by atoms with van der Waals surface area (Å²) in [5.41, 5.74) is 0.513. The van der Waals surface area contributed by atoms with Crippen LogP contribution in [0.2, 0.25) is 0 Å². The van der Waals surface area contributed by atoms with E-state index in [2.05, 4.69) is 4.98 Å². The molecule has 0 radical (unpaired) electrons. The topological polar surface area (TPSA) is 61.2 Å². The fourth-order valence-corrected chi connectivity index (χ4v) is 1.20. The van der Waals surface area contributed by atoms with Gasteiger partial charge < -0.3 is 9.30 Å². The molecule has 0 fully saturated rings. The van der Waals surface area contributed by atoms with Crippen LogP contribution >= 0.6 is 0 Å². The highest BCUT2D eigenvalue weighted by atomic mass is 16.5. The molecule has 5 nitrogen and oxygen atoms in total. The number of hydrogen-bond donors (Lipinski definition) is 0. The van der Waals surface area contributed by atoms with Gasteiger partial charge >= 0.3 is 5.97 Å². The summed E-state index contributed by atoms with van der Waals surface area (Å²) in [6.07, 6.45) is 3.33. The standard InChI is InChI=1S/C10H14N2O3/c1-3-15-10(14)5-4-9(13)8-6-11-7-12(8)2/h6-7H,3-5H2,1-2H3. The van der Waals surface area contributed by atoms with Gasteiger partial charge in [-0.05, 0) is 6.92 Å². The number of ether oxygens (including phenoxy) is 1. The number of nitrogens with zero attached hydrogens (tertiary/aromatic N) is 2. The summed E-state index contributed by atoms with van der Waals surface area (Å²) in [5, 5.41) is 0. The second-order valence-electron chi connectivity index (χ2n) is 3.12. The summed E-state index contributed by atoms with van der Waals surface area (Å²) in [7, 11) is 1.74. The maximum absolute atomic E-state index is 11.6. The lowest BCUT2D eigenvalue weighted by Crippen LogP contribution is -2.10. The molecule has 1 aromatic heterocycles. The van der Waals surface area contributed by atoms with E-state index in [9.17, 15) is 9.59 Å². The first kappa shape index (κ1) is 11.4. The van der Waals surface area contributed by atoms with Gasteiger partial charge in [0.05, 0.1) is 25.6 Å². The quantitative estimate of drug-likeness (QED) is 0.536. The van der Waals surface area contributed by atoms with Gasteiger partial charge in [0.15, 0.2) is 5.78 Å². The van der Waals surface area contributed by atoms with Crippen LogP contribution in [0.5, 0.6) is 0 Å². The number of Topliss-reactive ketones (excluding diaryl/α,β-unsaturated/α-hetero) is 1. The molecule has 0 saturated carbocycles. The number of carbonyl (C=O) groups is 2. The van der Waals surface area contributed by atoms with Gasteiger partial charge in [-0.2, -0.15) is 0 Å². The summed E-state index contributed by atoms with van der Waals surface area (Å²) in [6.45, 7) is 2.08. The van der Waals surface area contributed by atoms with Crippen LogP contribution in [0.15, 0.2) is 12.5 Å². The molecule has 1 aromatic rings. The van der Waals surface area contributed by atoms with Crippen LogP contribution in [0.3, 0.4) is 0 Å². The van der Waals surface area contributed by atoms with Crippen molar-refractivity contribution in [2.75, 3.05) is 6.61 Å². The van der Waals surface area contributed by atoms with E-state index in [0.29, 0.717) is 12.3 Å². The SMILES string of the molecule is CCOC(=O)CCC(=O)c1cncn1C. The van der Waals surface area contributed by atoms with Crippen LogP contribution in [0.4, 0.5) is 0 Å². The van der Waals surface area contributed by atoms with Crippen molar-refractivity contribution in [2.24, 2.45) is 7.05 Å². The van der Waals surface area contributed by atoms with Crippen LogP contribution in [0.25, 0.3) is 0 Å². The van der Waals surface area contributed by atoms with Crippen molar-refractivity contribution in [3.05, 3.63) is 18.2 Å². The van der Waals surface area contributed by atoms with E-state index < -0.39 is 0 Å². The lowest BCUT2D eigenvalue weighted by molar-refractivity contribution is -0.143. The molecule has 5 heteroatoms. The smallest absolute Gasteiger partial charge is 0.306 e. The third-order valence-corrected chi connectivity index (χ3v) is 1.96. The maximum Gasteiger partial charge on any atom is 0.306 e. The zero-order valence-electron chi connectivity index (χ0n) is 8.90. The molecule has 0 unspecified atom stereocenters. The second-order valence-corrected chi connectivity index (χ2v) is 3.12. The highest BCUT2D eigenvalue weighted by molar-refractivity contribution is 5.95. The highest BCUT2D eigenvalue weighted by Crippen LogP contribution is 2.04. The third-order valence-electron chi connectivity index (χ3n) is 1.96. The molecule has 82 valence electrons. The van der Waals surface area contributed by atoms with E-state index in [1.165, 1.54) is 6.20 Å². The van der Waals surface area contributed by atoms with Crippen LogP contribution in [0.1, 0.15) is 30.3 Å². The molecule has 1 heterocycles. The Balaban J connectivity index is 2.44. The molecule has 0 amide bonds. The minimum Gasteiger partial charge on any atom is -0.466 e. The Morgan fingerprint density at radius 3 is 2.73 bits per heavy atom. The summed E-state index contributed by atoms with van der Waals surface area (Å²) >= 11 is 0. The average molecular weight is 210 g/mol.